The Morgan fingerprint density at radius 2 is 1.94 bits per heavy atom. The van der Waals surface area contributed by atoms with Crippen LogP contribution >= 0.6 is 11.8 Å². The molecule has 0 fully saturated rings. The number of hydrogen-bond donors (Lipinski definition) is 2. The van der Waals surface area contributed by atoms with Gasteiger partial charge in [-0.15, -0.1) is 11.8 Å². The number of rotatable bonds is 4. The monoisotopic (exact) mass is 259 g/mol. The molecule has 0 unspecified atom stereocenters. The molecular formula is C13H13N3OS. The van der Waals surface area contributed by atoms with Gasteiger partial charge in [-0.25, -0.2) is 0 Å². The zero-order valence-corrected chi connectivity index (χ0v) is 10.5. The largest absolute Gasteiger partial charge is 0.398 e. The molecule has 5 heteroatoms. The van der Waals surface area contributed by atoms with E-state index in [1.54, 1.807) is 24.5 Å². The minimum absolute atomic E-state index is 0.0607. The summed E-state index contributed by atoms with van der Waals surface area (Å²) in [5.74, 6) is 0.269. The molecule has 1 aromatic carbocycles. The van der Waals surface area contributed by atoms with E-state index in [0.29, 0.717) is 11.4 Å². The molecule has 4 nitrogen and oxygen atoms in total. The van der Waals surface area contributed by atoms with Gasteiger partial charge in [-0.3, -0.25) is 9.78 Å². The van der Waals surface area contributed by atoms with Crippen LogP contribution in [0.5, 0.6) is 0 Å². The van der Waals surface area contributed by atoms with Gasteiger partial charge in [-0.1, -0.05) is 12.1 Å². The minimum Gasteiger partial charge on any atom is -0.398 e. The second-order valence-electron chi connectivity index (χ2n) is 3.61. The number of anilines is 2. The van der Waals surface area contributed by atoms with Gasteiger partial charge in [0.2, 0.25) is 5.91 Å². The van der Waals surface area contributed by atoms with Crippen molar-refractivity contribution in [3.05, 3.63) is 48.8 Å². The first-order chi connectivity index (χ1) is 8.75. The molecule has 1 amide bonds. The zero-order valence-electron chi connectivity index (χ0n) is 9.67. The fourth-order valence-electron chi connectivity index (χ4n) is 1.39. The van der Waals surface area contributed by atoms with Crippen LogP contribution in [0.15, 0.2) is 53.7 Å². The standard InChI is InChI=1S/C13H13N3OS/c14-11-3-1-2-4-12(11)18-9-13(17)16-10-5-7-15-8-6-10/h1-8H,9,14H2,(H,15,16,17). The number of pyridine rings is 1. The summed E-state index contributed by atoms with van der Waals surface area (Å²) >= 11 is 1.42. The molecule has 1 aromatic heterocycles. The maximum absolute atomic E-state index is 11.7. The van der Waals surface area contributed by atoms with E-state index in [1.807, 2.05) is 24.3 Å². The van der Waals surface area contributed by atoms with Gasteiger partial charge in [-0.2, -0.15) is 0 Å². The number of nitrogens with zero attached hydrogens (tertiary/aromatic N) is 1. The van der Waals surface area contributed by atoms with Crippen LogP contribution in [0.25, 0.3) is 0 Å². The predicted octanol–water partition coefficient (Wildman–Crippen LogP) is 2.39. The van der Waals surface area contributed by atoms with E-state index in [9.17, 15) is 4.79 Å². The molecule has 2 rings (SSSR count). The lowest BCUT2D eigenvalue weighted by Gasteiger charge is -2.06. The SMILES string of the molecule is Nc1ccccc1SCC(=O)Nc1ccncc1. The van der Waals surface area contributed by atoms with Crippen molar-refractivity contribution in [3.8, 4) is 0 Å². The van der Waals surface area contributed by atoms with Gasteiger partial charge in [0, 0.05) is 28.7 Å². The Morgan fingerprint density at radius 3 is 2.67 bits per heavy atom. The van der Waals surface area contributed by atoms with Gasteiger partial charge in [0.25, 0.3) is 0 Å². The molecular weight excluding hydrogens is 246 g/mol. The van der Waals surface area contributed by atoms with E-state index in [-0.39, 0.29) is 5.91 Å². The molecule has 0 radical (unpaired) electrons. The van der Waals surface area contributed by atoms with E-state index in [2.05, 4.69) is 10.3 Å². The highest BCUT2D eigenvalue weighted by Crippen LogP contribution is 2.24. The third-order valence-electron chi connectivity index (χ3n) is 2.24. The van der Waals surface area contributed by atoms with E-state index in [0.717, 1.165) is 10.6 Å². The molecule has 2 aromatic rings. The van der Waals surface area contributed by atoms with Gasteiger partial charge < -0.3 is 11.1 Å². The van der Waals surface area contributed by atoms with Crippen molar-refractivity contribution in [3.63, 3.8) is 0 Å². The number of thioether (sulfide) groups is 1. The molecule has 18 heavy (non-hydrogen) atoms. The highest BCUT2D eigenvalue weighted by atomic mass is 32.2. The number of nitrogen functional groups attached to an aromatic ring is 1. The molecule has 1 heterocycles. The normalized spacial score (nSPS) is 10.0. The first kappa shape index (κ1) is 12.4. The Kier molecular flexibility index (Phi) is 4.20. The molecule has 0 saturated carbocycles. The summed E-state index contributed by atoms with van der Waals surface area (Å²) in [5.41, 5.74) is 7.24. The Morgan fingerprint density at radius 1 is 1.22 bits per heavy atom. The van der Waals surface area contributed by atoms with Gasteiger partial charge in [0.15, 0.2) is 0 Å². The number of benzene rings is 1. The second-order valence-corrected chi connectivity index (χ2v) is 4.63. The Bertz CT molecular complexity index is 531. The van der Waals surface area contributed by atoms with Crippen molar-refractivity contribution < 1.29 is 4.79 Å². The van der Waals surface area contributed by atoms with Crippen LogP contribution in [0, 0.1) is 0 Å². The number of carbonyl (C=O) groups excluding carboxylic acids is 1. The van der Waals surface area contributed by atoms with Crippen molar-refractivity contribution in [2.45, 2.75) is 4.90 Å². The van der Waals surface area contributed by atoms with Gasteiger partial charge in [0.05, 0.1) is 5.75 Å². The lowest BCUT2D eigenvalue weighted by atomic mass is 10.3. The Balaban J connectivity index is 1.88. The number of nitrogens with two attached hydrogens (primary N) is 1. The minimum atomic E-state index is -0.0607. The quantitative estimate of drug-likeness (QED) is 0.653. The lowest BCUT2D eigenvalue weighted by molar-refractivity contribution is -0.113. The summed E-state index contributed by atoms with van der Waals surface area (Å²) in [5, 5.41) is 2.79. The zero-order chi connectivity index (χ0) is 12.8. The van der Waals surface area contributed by atoms with E-state index < -0.39 is 0 Å². The van der Waals surface area contributed by atoms with E-state index in [4.69, 9.17) is 5.73 Å². The van der Waals surface area contributed by atoms with Gasteiger partial charge in [-0.05, 0) is 24.3 Å². The molecule has 0 spiro atoms. The van der Waals surface area contributed by atoms with E-state index in [1.165, 1.54) is 11.8 Å². The summed E-state index contributed by atoms with van der Waals surface area (Å²) in [4.78, 5) is 16.5. The summed E-state index contributed by atoms with van der Waals surface area (Å²) in [6.45, 7) is 0. The molecule has 0 aliphatic carbocycles. The van der Waals surface area contributed by atoms with Crippen molar-refractivity contribution in [1.82, 2.24) is 4.98 Å². The first-order valence-corrected chi connectivity index (χ1v) is 6.41. The Labute approximate surface area is 110 Å². The average Bonchev–Trinajstić information content (AvgIpc) is 2.39. The number of aromatic nitrogens is 1. The van der Waals surface area contributed by atoms with Crippen LogP contribution in [0.3, 0.4) is 0 Å². The summed E-state index contributed by atoms with van der Waals surface area (Å²) in [6, 6.07) is 11.0. The fraction of sp³-hybridized carbons (Fsp3) is 0.0769. The van der Waals surface area contributed by atoms with Crippen LogP contribution in [-0.4, -0.2) is 16.6 Å². The summed E-state index contributed by atoms with van der Waals surface area (Å²) in [6.07, 6.45) is 3.27. The molecule has 0 aliphatic rings. The Hall–Kier alpha value is -2.01. The summed E-state index contributed by atoms with van der Waals surface area (Å²) in [7, 11) is 0. The number of carbonyl (C=O) groups is 1. The predicted molar refractivity (Wildman–Crippen MR) is 74.4 cm³/mol. The third kappa shape index (κ3) is 3.49. The van der Waals surface area contributed by atoms with Gasteiger partial charge in [0.1, 0.15) is 0 Å². The maximum atomic E-state index is 11.7. The molecule has 92 valence electrons. The second kappa shape index (κ2) is 6.07. The maximum Gasteiger partial charge on any atom is 0.234 e. The van der Waals surface area contributed by atoms with Crippen LogP contribution in [0.1, 0.15) is 0 Å². The van der Waals surface area contributed by atoms with Crippen molar-refractivity contribution in [2.75, 3.05) is 16.8 Å². The van der Waals surface area contributed by atoms with Gasteiger partial charge >= 0.3 is 0 Å². The molecule has 0 saturated heterocycles. The highest BCUT2D eigenvalue weighted by molar-refractivity contribution is 8.00. The average molecular weight is 259 g/mol. The lowest BCUT2D eigenvalue weighted by Crippen LogP contribution is -2.14. The third-order valence-corrected chi connectivity index (χ3v) is 3.33. The van der Waals surface area contributed by atoms with Crippen LogP contribution in [0.2, 0.25) is 0 Å². The first-order valence-electron chi connectivity index (χ1n) is 5.43. The summed E-state index contributed by atoms with van der Waals surface area (Å²) < 4.78 is 0. The molecule has 3 N–H and O–H groups in total. The number of para-hydroxylation sites is 1. The number of amides is 1. The topological polar surface area (TPSA) is 68.0 Å². The van der Waals surface area contributed by atoms with Crippen LogP contribution in [0.4, 0.5) is 11.4 Å². The molecule has 0 atom stereocenters. The smallest absolute Gasteiger partial charge is 0.234 e. The highest BCUT2D eigenvalue weighted by Gasteiger charge is 2.05. The van der Waals surface area contributed by atoms with Crippen molar-refractivity contribution >= 4 is 29.0 Å². The van der Waals surface area contributed by atoms with Crippen LogP contribution < -0.4 is 11.1 Å². The fourth-order valence-corrected chi connectivity index (χ4v) is 2.16. The van der Waals surface area contributed by atoms with Crippen LogP contribution in [-0.2, 0) is 4.79 Å². The molecule has 0 aliphatic heterocycles. The number of hydrogen-bond acceptors (Lipinski definition) is 4. The molecule has 0 bridgehead atoms. The van der Waals surface area contributed by atoms with Crippen molar-refractivity contribution in [2.24, 2.45) is 0 Å². The number of nitrogens with one attached hydrogen (secondary N) is 1. The van der Waals surface area contributed by atoms with E-state index >= 15 is 0 Å². The van der Waals surface area contributed by atoms with Crippen molar-refractivity contribution in [1.29, 1.82) is 0 Å².